The van der Waals surface area contributed by atoms with Gasteiger partial charge >= 0.3 is 5.97 Å². The molecule has 0 unspecified atom stereocenters. The van der Waals surface area contributed by atoms with Gasteiger partial charge in [0, 0.05) is 10.0 Å². The molecular formula is C19H13BrN2O3S. The van der Waals surface area contributed by atoms with E-state index in [1.807, 2.05) is 30.3 Å². The van der Waals surface area contributed by atoms with Gasteiger partial charge in [0.25, 0.3) is 5.91 Å². The molecule has 0 atom stereocenters. The Hall–Kier alpha value is -2.77. The predicted molar refractivity (Wildman–Crippen MR) is 109 cm³/mol. The molecule has 0 radical (unpaired) electrons. The van der Waals surface area contributed by atoms with Crippen LogP contribution in [0.2, 0.25) is 0 Å². The molecule has 0 aromatic heterocycles. The van der Waals surface area contributed by atoms with Gasteiger partial charge in [-0.1, -0.05) is 36.4 Å². The summed E-state index contributed by atoms with van der Waals surface area (Å²) in [5, 5.41) is 16.4. The third-order valence-corrected chi connectivity index (χ3v) is 4.62. The maximum absolute atomic E-state index is 12.6. The highest BCUT2D eigenvalue weighted by molar-refractivity contribution is 9.10. The summed E-state index contributed by atoms with van der Waals surface area (Å²) in [6, 6.07) is 17.5. The van der Waals surface area contributed by atoms with Crippen molar-refractivity contribution in [3.63, 3.8) is 0 Å². The summed E-state index contributed by atoms with van der Waals surface area (Å²) < 4.78 is 0.629. The zero-order valence-electron chi connectivity index (χ0n) is 13.3. The smallest absolute Gasteiger partial charge is 0.335 e. The molecule has 0 aliphatic carbocycles. The molecule has 0 heterocycles. The summed E-state index contributed by atoms with van der Waals surface area (Å²) >= 11 is 8.52. The number of amides is 1. The molecule has 26 heavy (non-hydrogen) atoms. The number of benzene rings is 3. The van der Waals surface area contributed by atoms with Crippen molar-refractivity contribution in [3.05, 3.63) is 76.3 Å². The highest BCUT2D eigenvalue weighted by Gasteiger charge is 2.13. The Bertz CT molecular complexity index is 1030. The maximum Gasteiger partial charge on any atom is 0.335 e. The zero-order chi connectivity index (χ0) is 18.7. The Labute approximate surface area is 163 Å². The van der Waals surface area contributed by atoms with E-state index in [9.17, 15) is 9.59 Å². The van der Waals surface area contributed by atoms with E-state index in [1.54, 1.807) is 18.2 Å². The normalized spacial score (nSPS) is 10.3. The number of aromatic carboxylic acids is 1. The minimum Gasteiger partial charge on any atom is -0.478 e. The maximum atomic E-state index is 12.6. The Balaban J connectivity index is 1.79. The number of rotatable bonds is 3. The van der Waals surface area contributed by atoms with Crippen LogP contribution in [0.1, 0.15) is 20.7 Å². The van der Waals surface area contributed by atoms with Crippen molar-refractivity contribution in [1.82, 2.24) is 5.32 Å². The lowest BCUT2D eigenvalue weighted by atomic mass is 10.0. The quantitative estimate of drug-likeness (QED) is 0.537. The van der Waals surface area contributed by atoms with Gasteiger partial charge in [-0.3, -0.25) is 10.1 Å². The highest BCUT2D eigenvalue weighted by atomic mass is 79.9. The van der Waals surface area contributed by atoms with Crippen molar-refractivity contribution in [1.29, 1.82) is 0 Å². The van der Waals surface area contributed by atoms with Crippen LogP contribution in [0.4, 0.5) is 5.69 Å². The van der Waals surface area contributed by atoms with Gasteiger partial charge in [-0.15, -0.1) is 0 Å². The molecule has 3 N–H and O–H groups in total. The first kappa shape index (κ1) is 18.0. The lowest BCUT2D eigenvalue weighted by Crippen LogP contribution is -2.34. The average Bonchev–Trinajstić information content (AvgIpc) is 2.62. The Kier molecular flexibility index (Phi) is 5.29. The molecule has 0 fully saturated rings. The summed E-state index contributed by atoms with van der Waals surface area (Å²) in [5.41, 5.74) is 1.07. The molecule has 3 aromatic rings. The molecular weight excluding hydrogens is 416 g/mol. The number of hydrogen-bond donors (Lipinski definition) is 3. The number of carbonyl (C=O) groups is 2. The van der Waals surface area contributed by atoms with E-state index in [0.717, 1.165) is 10.8 Å². The van der Waals surface area contributed by atoms with Crippen molar-refractivity contribution in [2.75, 3.05) is 5.32 Å². The standard InChI is InChI=1S/C19H13BrN2O3S/c20-15-9-8-12(18(24)25)10-16(15)21-19(26)22-17(23)14-7-3-5-11-4-1-2-6-13(11)14/h1-10H,(H,24,25)(H2,21,22,23,26). The molecule has 0 saturated carbocycles. The fraction of sp³-hybridized carbons (Fsp3) is 0. The summed E-state index contributed by atoms with van der Waals surface area (Å²) in [5.74, 6) is -1.39. The Morgan fingerprint density at radius 2 is 1.73 bits per heavy atom. The van der Waals surface area contributed by atoms with E-state index in [2.05, 4.69) is 26.6 Å². The second-order valence-electron chi connectivity index (χ2n) is 5.43. The number of nitrogens with one attached hydrogen (secondary N) is 2. The first-order valence-electron chi connectivity index (χ1n) is 7.58. The molecule has 0 saturated heterocycles. The lowest BCUT2D eigenvalue weighted by molar-refractivity contribution is 0.0696. The zero-order valence-corrected chi connectivity index (χ0v) is 15.7. The monoisotopic (exact) mass is 428 g/mol. The summed E-state index contributed by atoms with van der Waals surface area (Å²) in [4.78, 5) is 23.7. The average molecular weight is 429 g/mol. The van der Waals surface area contributed by atoms with Crippen LogP contribution in [-0.2, 0) is 0 Å². The van der Waals surface area contributed by atoms with Gasteiger partial charge in [0.2, 0.25) is 0 Å². The second kappa shape index (κ2) is 7.63. The SMILES string of the molecule is O=C(O)c1ccc(Br)c(NC(=S)NC(=O)c2cccc3ccccc23)c1. The summed E-state index contributed by atoms with van der Waals surface area (Å²) in [6.07, 6.45) is 0. The van der Waals surface area contributed by atoms with Crippen LogP contribution >= 0.6 is 28.1 Å². The predicted octanol–water partition coefficient (Wildman–Crippen LogP) is 4.43. The Morgan fingerprint density at radius 3 is 2.50 bits per heavy atom. The van der Waals surface area contributed by atoms with Gasteiger partial charge < -0.3 is 10.4 Å². The molecule has 0 aliphatic heterocycles. The van der Waals surface area contributed by atoms with Gasteiger partial charge in [0.15, 0.2) is 5.11 Å². The summed E-state index contributed by atoms with van der Waals surface area (Å²) in [7, 11) is 0. The number of anilines is 1. The molecule has 0 bridgehead atoms. The van der Waals surface area contributed by atoms with Crippen molar-refractivity contribution >= 4 is 61.6 Å². The van der Waals surface area contributed by atoms with Crippen LogP contribution in [0, 0.1) is 0 Å². The second-order valence-corrected chi connectivity index (χ2v) is 6.70. The van der Waals surface area contributed by atoms with Crippen LogP contribution in [-0.4, -0.2) is 22.1 Å². The van der Waals surface area contributed by atoms with E-state index in [-0.39, 0.29) is 16.6 Å². The van der Waals surface area contributed by atoms with Crippen LogP contribution in [0.25, 0.3) is 10.8 Å². The van der Waals surface area contributed by atoms with Gasteiger partial charge in [0.05, 0.1) is 11.3 Å². The molecule has 0 spiro atoms. The van der Waals surface area contributed by atoms with Crippen molar-refractivity contribution in [3.8, 4) is 0 Å². The minimum atomic E-state index is -1.05. The summed E-state index contributed by atoms with van der Waals surface area (Å²) in [6.45, 7) is 0. The first-order chi connectivity index (χ1) is 12.5. The van der Waals surface area contributed by atoms with E-state index in [1.165, 1.54) is 12.1 Å². The number of carbonyl (C=O) groups excluding carboxylic acids is 1. The number of hydrogen-bond acceptors (Lipinski definition) is 3. The van der Waals surface area contributed by atoms with Gasteiger partial charge in [-0.25, -0.2) is 4.79 Å². The lowest BCUT2D eigenvalue weighted by Gasteiger charge is -2.12. The van der Waals surface area contributed by atoms with Crippen LogP contribution in [0.3, 0.4) is 0 Å². The van der Waals surface area contributed by atoms with Crippen molar-refractivity contribution < 1.29 is 14.7 Å². The van der Waals surface area contributed by atoms with Crippen molar-refractivity contribution in [2.24, 2.45) is 0 Å². The third-order valence-electron chi connectivity index (χ3n) is 3.72. The van der Waals surface area contributed by atoms with Gasteiger partial charge in [-0.05, 0) is 63.2 Å². The number of halogens is 1. The van der Waals surface area contributed by atoms with Crippen LogP contribution < -0.4 is 10.6 Å². The van der Waals surface area contributed by atoms with Gasteiger partial charge in [-0.2, -0.15) is 0 Å². The molecule has 0 aliphatic rings. The molecule has 3 rings (SSSR count). The van der Waals surface area contributed by atoms with E-state index in [4.69, 9.17) is 17.3 Å². The molecule has 130 valence electrons. The first-order valence-corrected chi connectivity index (χ1v) is 8.79. The fourth-order valence-electron chi connectivity index (χ4n) is 2.50. The minimum absolute atomic E-state index is 0.0752. The Morgan fingerprint density at radius 1 is 1.00 bits per heavy atom. The van der Waals surface area contributed by atoms with Crippen LogP contribution in [0.5, 0.6) is 0 Å². The third kappa shape index (κ3) is 3.89. The van der Waals surface area contributed by atoms with E-state index < -0.39 is 5.97 Å². The highest BCUT2D eigenvalue weighted by Crippen LogP contribution is 2.24. The molecule has 5 nitrogen and oxygen atoms in total. The van der Waals surface area contributed by atoms with Crippen molar-refractivity contribution in [2.45, 2.75) is 0 Å². The number of carboxylic acids is 1. The molecule has 1 amide bonds. The molecule has 3 aromatic carbocycles. The number of thiocarbonyl (C=S) groups is 1. The fourth-order valence-corrected chi connectivity index (χ4v) is 3.05. The molecule has 7 heteroatoms. The largest absolute Gasteiger partial charge is 0.478 e. The van der Waals surface area contributed by atoms with Crippen LogP contribution in [0.15, 0.2) is 65.1 Å². The number of fused-ring (bicyclic) bond motifs is 1. The van der Waals surface area contributed by atoms with E-state index in [0.29, 0.717) is 15.7 Å². The topological polar surface area (TPSA) is 78.4 Å². The number of carboxylic acid groups (broad SMARTS) is 1. The van der Waals surface area contributed by atoms with Gasteiger partial charge in [0.1, 0.15) is 0 Å². The van der Waals surface area contributed by atoms with E-state index >= 15 is 0 Å².